The van der Waals surface area contributed by atoms with Crippen LogP contribution in [0.1, 0.15) is 32.1 Å². The normalized spacial score (nSPS) is 17.9. The predicted octanol–water partition coefficient (Wildman–Crippen LogP) is 0.551. The summed E-state index contributed by atoms with van der Waals surface area (Å²) in [6.45, 7) is 1.05. The third kappa shape index (κ3) is 6.99. The van der Waals surface area contributed by atoms with E-state index in [0.29, 0.717) is 38.3 Å². The highest BCUT2D eigenvalue weighted by Crippen LogP contribution is 2.19. The lowest BCUT2D eigenvalue weighted by atomic mass is 10.0. The predicted molar refractivity (Wildman–Crippen MR) is 118 cm³/mol. The van der Waals surface area contributed by atoms with E-state index in [-0.39, 0.29) is 17.7 Å². The molecule has 2 unspecified atom stereocenters. The van der Waals surface area contributed by atoms with Crippen LogP contribution in [0.15, 0.2) is 47.6 Å². The van der Waals surface area contributed by atoms with Crippen molar-refractivity contribution < 1.29 is 28.0 Å². The van der Waals surface area contributed by atoms with Crippen LogP contribution in [0.25, 0.3) is 0 Å². The van der Waals surface area contributed by atoms with Gasteiger partial charge in [0.1, 0.15) is 0 Å². The van der Waals surface area contributed by atoms with Crippen molar-refractivity contribution >= 4 is 27.8 Å². The van der Waals surface area contributed by atoms with Gasteiger partial charge in [0.05, 0.1) is 17.4 Å². The SMILES string of the molecule is O=C(CC1CCNO1)NC(CCCCNc1ncc[nH]1)(NS(=O)(=O)c1ccccc1)C(=O)O. The van der Waals surface area contributed by atoms with Crippen molar-refractivity contribution in [2.75, 3.05) is 18.4 Å². The van der Waals surface area contributed by atoms with Crippen molar-refractivity contribution in [2.45, 2.75) is 48.8 Å². The van der Waals surface area contributed by atoms with Crippen molar-refractivity contribution in [3.63, 3.8) is 0 Å². The Bertz CT molecular complexity index is 1010. The van der Waals surface area contributed by atoms with Crippen molar-refractivity contribution in [1.29, 1.82) is 0 Å². The van der Waals surface area contributed by atoms with Gasteiger partial charge in [-0.25, -0.2) is 23.7 Å². The number of hydroxylamine groups is 1. The molecule has 2 aromatic rings. The minimum atomic E-state index is -4.23. The number of carbonyl (C=O) groups is 2. The third-order valence-electron chi connectivity index (χ3n) is 5.08. The number of carbonyl (C=O) groups excluding carboxylic acids is 1. The molecule has 6 N–H and O–H groups in total. The average Bonchev–Trinajstić information content (AvgIpc) is 3.48. The Morgan fingerprint density at radius 1 is 1.24 bits per heavy atom. The smallest absolute Gasteiger partial charge is 0.345 e. The minimum Gasteiger partial charge on any atom is -0.478 e. The Labute approximate surface area is 191 Å². The van der Waals surface area contributed by atoms with E-state index in [9.17, 15) is 23.1 Å². The largest absolute Gasteiger partial charge is 0.478 e. The maximum atomic E-state index is 12.9. The number of unbranched alkanes of at least 4 members (excludes halogenated alkanes) is 1. The van der Waals surface area contributed by atoms with Crippen LogP contribution in [0.2, 0.25) is 0 Å². The molecule has 0 spiro atoms. The molecule has 1 aliphatic rings. The maximum Gasteiger partial charge on any atom is 0.345 e. The number of benzene rings is 1. The molecule has 1 aromatic carbocycles. The van der Waals surface area contributed by atoms with Gasteiger partial charge in [0.2, 0.25) is 21.6 Å². The monoisotopic (exact) mass is 480 g/mol. The number of hydrogen-bond acceptors (Lipinski definition) is 8. The number of carboxylic acid groups (broad SMARTS) is 1. The second kappa shape index (κ2) is 11.2. The topological polar surface area (TPSA) is 175 Å². The standard InChI is InChI=1S/C20H28N6O6S/c27-17(14-15-8-11-24-32-15)25-20(18(28)29,9-4-5-10-21-19-22-12-13-23-19)26-33(30,31)16-6-2-1-3-7-16/h1-3,6-7,12-13,15,24,26H,4-5,8-11,14H2,(H,25,27)(H,28,29)(H2,21,22,23). The molecule has 3 rings (SSSR count). The summed E-state index contributed by atoms with van der Waals surface area (Å²) >= 11 is 0. The first-order valence-electron chi connectivity index (χ1n) is 10.6. The molecule has 33 heavy (non-hydrogen) atoms. The summed E-state index contributed by atoms with van der Waals surface area (Å²) in [6.07, 6.45) is 3.97. The number of aliphatic carboxylic acids is 1. The Hall–Kier alpha value is -3.00. The highest BCUT2D eigenvalue weighted by atomic mass is 32.2. The number of nitrogens with one attached hydrogen (secondary N) is 5. The number of H-pyrrole nitrogens is 1. The first-order valence-corrected chi connectivity index (χ1v) is 12.0. The second-order valence-electron chi connectivity index (χ2n) is 7.63. The van der Waals surface area contributed by atoms with E-state index in [1.807, 2.05) is 0 Å². The zero-order valence-electron chi connectivity index (χ0n) is 17.9. The number of aromatic amines is 1. The molecule has 0 saturated carbocycles. The number of hydrogen-bond donors (Lipinski definition) is 6. The Morgan fingerprint density at radius 2 is 2.03 bits per heavy atom. The summed E-state index contributed by atoms with van der Waals surface area (Å²) in [5.74, 6) is -1.56. The van der Waals surface area contributed by atoms with Crippen LogP contribution < -0.4 is 20.8 Å². The van der Waals surface area contributed by atoms with Crippen LogP contribution in [0.4, 0.5) is 5.95 Å². The van der Waals surface area contributed by atoms with E-state index < -0.39 is 33.7 Å². The van der Waals surface area contributed by atoms with Gasteiger partial charge in [-0.1, -0.05) is 18.2 Å². The van der Waals surface area contributed by atoms with Crippen LogP contribution in [-0.4, -0.2) is 60.2 Å². The van der Waals surface area contributed by atoms with Crippen molar-refractivity contribution in [1.82, 2.24) is 25.5 Å². The number of anilines is 1. The molecule has 12 nitrogen and oxygen atoms in total. The summed E-state index contributed by atoms with van der Waals surface area (Å²) in [6, 6.07) is 7.40. The first kappa shape index (κ1) is 24.6. The van der Waals surface area contributed by atoms with Gasteiger partial charge in [-0.2, -0.15) is 4.72 Å². The molecular formula is C20H28N6O6S. The quantitative estimate of drug-likeness (QED) is 0.177. The van der Waals surface area contributed by atoms with Gasteiger partial charge in [0.25, 0.3) is 0 Å². The van der Waals surface area contributed by atoms with Crippen LogP contribution >= 0.6 is 0 Å². The maximum absolute atomic E-state index is 12.9. The fourth-order valence-corrected chi connectivity index (χ4v) is 4.74. The Kier molecular flexibility index (Phi) is 8.38. The van der Waals surface area contributed by atoms with E-state index in [1.165, 1.54) is 24.3 Å². The summed E-state index contributed by atoms with van der Waals surface area (Å²) in [7, 11) is -4.23. The number of aromatic nitrogens is 2. The van der Waals surface area contributed by atoms with Crippen LogP contribution in [0, 0.1) is 0 Å². The lowest BCUT2D eigenvalue weighted by Gasteiger charge is -2.31. The molecule has 0 aliphatic carbocycles. The Morgan fingerprint density at radius 3 is 2.67 bits per heavy atom. The third-order valence-corrected chi connectivity index (χ3v) is 6.59. The molecule has 0 bridgehead atoms. The van der Waals surface area contributed by atoms with Gasteiger partial charge in [-0.05, 0) is 37.8 Å². The summed E-state index contributed by atoms with van der Waals surface area (Å²) in [4.78, 5) is 37.0. The Balaban J connectivity index is 1.72. The van der Waals surface area contributed by atoms with E-state index in [2.05, 4.69) is 30.8 Å². The van der Waals surface area contributed by atoms with Gasteiger partial charge in [0.15, 0.2) is 5.95 Å². The molecule has 2 heterocycles. The van der Waals surface area contributed by atoms with Gasteiger partial charge in [0, 0.05) is 25.5 Å². The van der Waals surface area contributed by atoms with Gasteiger partial charge >= 0.3 is 5.97 Å². The van der Waals surface area contributed by atoms with Crippen LogP contribution in [0.5, 0.6) is 0 Å². The summed E-state index contributed by atoms with van der Waals surface area (Å²) in [5.41, 5.74) is 0.441. The van der Waals surface area contributed by atoms with Crippen LogP contribution in [-0.2, 0) is 24.4 Å². The number of imidazole rings is 1. The van der Waals surface area contributed by atoms with Crippen molar-refractivity contribution in [3.8, 4) is 0 Å². The lowest BCUT2D eigenvalue weighted by Crippen LogP contribution is -2.65. The zero-order valence-corrected chi connectivity index (χ0v) is 18.7. The highest BCUT2D eigenvalue weighted by Gasteiger charge is 2.44. The van der Waals surface area contributed by atoms with E-state index in [0.717, 1.165) is 0 Å². The molecule has 1 aliphatic heterocycles. The first-order chi connectivity index (χ1) is 15.8. The molecule has 180 valence electrons. The molecular weight excluding hydrogens is 452 g/mol. The molecule has 2 atom stereocenters. The summed E-state index contributed by atoms with van der Waals surface area (Å²) < 4.78 is 28.1. The van der Waals surface area contributed by atoms with Crippen molar-refractivity contribution in [2.24, 2.45) is 0 Å². The van der Waals surface area contributed by atoms with Gasteiger partial charge in [-0.15, -0.1) is 0 Å². The number of rotatable bonds is 13. The number of sulfonamides is 1. The lowest BCUT2D eigenvalue weighted by molar-refractivity contribution is -0.149. The van der Waals surface area contributed by atoms with Gasteiger partial charge in [-0.3, -0.25) is 9.63 Å². The van der Waals surface area contributed by atoms with Gasteiger partial charge < -0.3 is 20.7 Å². The second-order valence-corrected chi connectivity index (χ2v) is 9.31. The highest BCUT2D eigenvalue weighted by molar-refractivity contribution is 7.89. The zero-order chi connectivity index (χ0) is 23.7. The average molecular weight is 481 g/mol. The number of nitrogens with zero attached hydrogens (tertiary/aromatic N) is 1. The van der Waals surface area contributed by atoms with Crippen molar-refractivity contribution in [3.05, 3.63) is 42.7 Å². The molecule has 1 fully saturated rings. The van der Waals surface area contributed by atoms with E-state index >= 15 is 0 Å². The summed E-state index contributed by atoms with van der Waals surface area (Å²) in [5, 5.41) is 15.5. The van der Waals surface area contributed by atoms with Crippen LogP contribution in [0.3, 0.4) is 0 Å². The minimum absolute atomic E-state index is 0.102. The van der Waals surface area contributed by atoms with E-state index in [1.54, 1.807) is 18.5 Å². The fourth-order valence-electron chi connectivity index (χ4n) is 3.41. The molecule has 0 radical (unpaired) electrons. The molecule has 1 saturated heterocycles. The molecule has 1 aromatic heterocycles. The number of carboxylic acids is 1. The number of amides is 1. The molecule has 1 amide bonds. The fraction of sp³-hybridized carbons (Fsp3) is 0.450. The molecule has 13 heteroatoms. The van der Waals surface area contributed by atoms with E-state index in [4.69, 9.17) is 4.84 Å².